The van der Waals surface area contributed by atoms with Crippen molar-refractivity contribution in [2.75, 3.05) is 29.6 Å². The summed E-state index contributed by atoms with van der Waals surface area (Å²) < 4.78 is 12.3. The van der Waals surface area contributed by atoms with E-state index in [1.165, 1.54) is 0 Å². The molecule has 0 unspecified atom stereocenters. The molecule has 43 heavy (non-hydrogen) atoms. The fourth-order valence-corrected chi connectivity index (χ4v) is 7.34. The van der Waals surface area contributed by atoms with Crippen LogP contribution in [0.15, 0.2) is 72.8 Å². The molecule has 4 aliphatic heterocycles. The fourth-order valence-electron chi connectivity index (χ4n) is 7.34. The van der Waals surface area contributed by atoms with Crippen molar-refractivity contribution in [3.63, 3.8) is 0 Å². The number of benzene rings is 3. The molecular weight excluding hydrogens is 546 g/mol. The number of hydrogen-bond donors (Lipinski definition) is 1. The van der Waals surface area contributed by atoms with E-state index in [1.54, 1.807) is 14.7 Å². The summed E-state index contributed by atoms with van der Waals surface area (Å²) in [6.45, 7) is 2.90. The molecule has 9 nitrogen and oxygen atoms in total. The van der Waals surface area contributed by atoms with Crippen LogP contribution in [-0.2, 0) is 31.3 Å². The molecule has 2 saturated heterocycles. The van der Waals surface area contributed by atoms with Crippen LogP contribution in [0.5, 0.6) is 5.75 Å². The second-order valence-electron chi connectivity index (χ2n) is 11.9. The SMILES string of the molecule is C[C@H]1C[C@@H](CC(=O)N2CCC[C@H]2CO)O[C@]12C(=O)N(Cc1cccc(N3C(=O)COc4ccccc43)c1)c1ccccc12. The van der Waals surface area contributed by atoms with Gasteiger partial charge in [0.05, 0.1) is 43.1 Å². The topological polar surface area (TPSA) is 99.6 Å². The Hall–Kier alpha value is -4.21. The third kappa shape index (κ3) is 4.49. The van der Waals surface area contributed by atoms with Crippen molar-refractivity contribution in [2.45, 2.75) is 56.9 Å². The smallest absolute Gasteiger partial charge is 0.269 e. The van der Waals surface area contributed by atoms with Crippen LogP contribution in [0.25, 0.3) is 0 Å². The molecule has 4 heterocycles. The molecule has 1 spiro atoms. The lowest BCUT2D eigenvalue weighted by molar-refractivity contribution is -0.150. The average Bonchev–Trinajstić information content (AvgIpc) is 3.69. The van der Waals surface area contributed by atoms with Crippen LogP contribution in [-0.4, -0.2) is 59.6 Å². The van der Waals surface area contributed by atoms with Gasteiger partial charge in [-0.1, -0.05) is 49.4 Å². The molecule has 0 aliphatic carbocycles. The van der Waals surface area contributed by atoms with Crippen LogP contribution in [0, 0.1) is 5.92 Å². The van der Waals surface area contributed by atoms with Crippen molar-refractivity contribution in [3.8, 4) is 5.75 Å². The maximum atomic E-state index is 14.4. The van der Waals surface area contributed by atoms with Gasteiger partial charge in [-0.2, -0.15) is 0 Å². The van der Waals surface area contributed by atoms with Gasteiger partial charge in [0.15, 0.2) is 12.2 Å². The standard InChI is InChI=1S/C34H35N3O6/c1-22-16-26(18-31(39)35-15-7-10-25(35)20-38)43-34(22)27-11-2-3-12-28(27)36(33(34)41)19-23-8-6-9-24(17-23)37-29-13-4-5-14-30(29)42-21-32(37)40/h2-6,8-9,11-14,17,22,25-26,38H,7,10,15-16,18-21H2,1H3/t22-,25-,26-,34+/m0/s1. The first kappa shape index (κ1) is 27.6. The highest BCUT2D eigenvalue weighted by molar-refractivity contribution is 6.08. The third-order valence-corrected chi connectivity index (χ3v) is 9.35. The van der Waals surface area contributed by atoms with E-state index in [0.717, 1.165) is 29.7 Å². The number of rotatable bonds is 6. The summed E-state index contributed by atoms with van der Waals surface area (Å²) in [4.78, 5) is 45.7. The molecule has 0 aromatic heterocycles. The van der Waals surface area contributed by atoms with E-state index in [-0.39, 0.29) is 49.3 Å². The maximum Gasteiger partial charge on any atom is 0.269 e. The first-order valence-corrected chi connectivity index (χ1v) is 15.0. The van der Waals surface area contributed by atoms with Crippen molar-refractivity contribution in [1.82, 2.24) is 4.90 Å². The summed E-state index contributed by atoms with van der Waals surface area (Å²) in [6, 6.07) is 22.7. The van der Waals surface area contributed by atoms with Crippen molar-refractivity contribution in [1.29, 1.82) is 0 Å². The van der Waals surface area contributed by atoms with E-state index in [4.69, 9.17) is 9.47 Å². The highest BCUT2D eigenvalue weighted by atomic mass is 16.5. The number of fused-ring (bicyclic) bond motifs is 3. The van der Waals surface area contributed by atoms with Crippen molar-refractivity contribution in [3.05, 3.63) is 83.9 Å². The zero-order chi connectivity index (χ0) is 29.7. The second kappa shape index (κ2) is 10.8. The average molecular weight is 582 g/mol. The molecule has 0 saturated carbocycles. The Morgan fingerprint density at radius 1 is 1.02 bits per heavy atom. The summed E-state index contributed by atoms with van der Waals surface area (Å²) in [5.74, 6) is 0.187. The molecule has 0 bridgehead atoms. The Balaban J connectivity index is 1.15. The molecule has 3 aromatic carbocycles. The van der Waals surface area contributed by atoms with Gasteiger partial charge in [-0.05, 0) is 55.2 Å². The number of amides is 3. The van der Waals surface area contributed by atoms with Crippen LogP contribution in [0.4, 0.5) is 17.1 Å². The number of aliphatic hydroxyl groups is 1. The van der Waals surface area contributed by atoms with Gasteiger partial charge in [0.25, 0.3) is 11.8 Å². The number of nitrogens with zero attached hydrogens (tertiary/aromatic N) is 3. The molecule has 1 N–H and O–H groups in total. The minimum atomic E-state index is -1.17. The summed E-state index contributed by atoms with van der Waals surface area (Å²) >= 11 is 0. The summed E-state index contributed by atoms with van der Waals surface area (Å²) in [6.07, 6.45) is 2.08. The van der Waals surface area contributed by atoms with Gasteiger partial charge in [0, 0.05) is 23.7 Å². The maximum absolute atomic E-state index is 14.4. The third-order valence-electron chi connectivity index (χ3n) is 9.35. The fraction of sp³-hybridized carbons (Fsp3) is 0.382. The van der Waals surface area contributed by atoms with Gasteiger partial charge in [-0.15, -0.1) is 0 Å². The summed E-state index contributed by atoms with van der Waals surface area (Å²) in [5, 5.41) is 9.70. The number of anilines is 3. The zero-order valence-corrected chi connectivity index (χ0v) is 24.1. The lowest BCUT2D eigenvalue weighted by Crippen LogP contribution is -2.44. The van der Waals surface area contributed by atoms with E-state index >= 15 is 0 Å². The quantitative estimate of drug-likeness (QED) is 0.467. The molecule has 3 amide bonds. The van der Waals surface area contributed by atoms with Crippen LogP contribution in [0.2, 0.25) is 0 Å². The number of ether oxygens (including phenoxy) is 2. The first-order valence-electron chi connectivity index (χ1n) is 15.0. The van der Waals surface area contributed by atoms with E-state index in [0.29, 0.717) is 36.6 Å². The lowest BCUT2D eigenvalue weighted by atomic mass is 9.83. The Bertz CT molecular complexity index is 1590. The highest BCUT2D eigenvalue weighted by Gasteiger charge is 2.60. The zero-order valence-electron chi connectivity index (χ0n) is 24.1. The largest absolute Gasteiger partial charge is 0.482 e. The normalized spacial score (nSPS) is 26.2. The number of carbonyl (C=O) groups is 3. The van der Waals surface area contributed by atoms with Gasteiger partial charge < -0.3 is 24.4 Å². The van der Waals surface area contributed by atoms with Crippen molar-refractivity contribution in [2.24, 2.45) is 5.92 Å². The van der Waals surface area contributed by atoms with Gasteiger partial charge in [-0.25, -0.2) is 0 Å². The Morgan fingerprint density at radius 2 is 1.81 bits per heavy atom. The van der Waals surface area contributed by atoms with E-state index in [9.17, 15) is 19.5 Å². The molecule has 4 aliphatic rings. The first-order chi connectivity index (χ1) is 20.9. The van der Waals surface area contributed by atoms with Gasteiger partial charge in [0.1, 0.15) is 5.75 Å². The minimum absolute atomic E-state index is 0.0302. The Kier molecular flexibility index (Phi) is 6.94. The molecule has 9 heteroatoms. The second-order valence-corrected chi connectivity index (χ2v) is 11.9. The highest BCUT2D eigenvalue weighted by Crippen LogP contribution is 2.54. The van der Waals surface area contributed by atoms with Crippen LogP contribution < -0.4 is 14.5 Å². The number of carbonyl (C=O) groups excluding carboxylic acids is 3. The van der Waals surface area contributed by atoms with Gasteiger partial charge in [0.2, 0.25) is 5.91 Å². The van der Waals surface area contributed by atoms with Crippen molar-refractivity contribution >= 4 is 34.8 Å². The lowest BCUT2D eigenvalue weighted by Gasteiger charge is -2.30. The number of likely N-dealkylation sites (tertiary alicyclic amines) is 1. The number of hydrogen-bond acceptors (Lipinski definition) is 6. The van der Waals surface area contributed by atoms with Crippen LogP contribution in [0.1, 0.15) is 43.7 Å². The molecule has 4 atom stereocenters. The Labute approximate surface area is 250 Å². The Morgan fingerprint density at radius 3 is 2.65 bits per heavy atom. The monoisotopic (exact) mass is 581 g/mol. The molecule has 7 rings (SSSR count). The van der Waals surface area contributed by atoms with E-state index < -0.39 is 11.7 Å². The predicted molar refractivity (Wildman–Crippen MR) is 160 cm³/mol. The summed E-state index contributed by atoms with van der Waals surface area (Å²) in [7, 11) is 0. The molecule has 0 radical (unpaired) electrons. The minimum Gasteiger partial charge on any atom is -0.482 e. The van der Waals surface area contributed by atoms with Crippen LogP contribution >= 0.6 is 0 Å². The molecule has 222 valence electrons. The van der Waals surface area contributed by atoms with E-state index in [2.05, 4.69) is 0 Å². The molecule has 3 aromatic rings. The molecule has 2 fully saturated rings. The van der Waals surface area contributed by atoms with Gasteiger partial charge in [-0.3, -0.25) is 19.3 Å². The van der Waals surface area contributed by atoms with E-state index in [1.807, 2.05) is 79.7 Å². The molecular formula is C34H35N3O6. The van der Waals surface area contributed by atoms with Crippen LogP contribution in [0.3, 0.4) is 0 Å². The number of aliphatic hydroxyl groups excluding tert-OH is 1. The summed E-state index contributed by atoms with van der Waals surface area (Å²) in [5.41, 5.74) is 2.72. The van der Waals surface area contributed by atoms with Crippen molar-refractivity contribution < 1.29 is 29.0 Å². The van der Waals surface area contributed by atoms with Gasteiger partial charge >= 0.3 is 0 Å². The predicted octanol–water partition coefficient (Wildman–Crippen LogP) is 4.28. The number of para-hydroxylation sites is 3.